The Balaban J connectivity index is 1.59. The van der Waals surface area contributed by atoms with Crippen LogP contribution in [0, 0.1) is 0 Å². The van der Waals surface area contributed by atoms with Gasteiger partial charge in [-0.2, -0.15) is 0 Å². The number of aliphatic hydroxyl groups excluding tert-OH is 1. The second-order valence-corrected chi connectivity index (χ2v) is 9.77. The lowest BCUT2D eigenvalue weighted by molar-refractivity contribution is -0.130. The molecule has 0 saturated heterocycles. The first-order valence-electron chi connectivity index (χ1n) is 13.3. The van der Waals surface area contributed by atoms with Gasteiger partial charge in [-0.15, -0.1) is 0 Å². The summed E-state index contributed by atoms with van der Waals surface area (Å²) in [6, 6.07) is 0. The Labute approximate surface area is 208 Å². The van der Waals surface area contributed by atoms with Crippen LogP contribution < -0.4 is 11.2 Å². The first-order valence-corrected chi connectivity index (χ1v) is 13.3. The molecule has 0 aliphatic carbocycles. The van der Waals surface area contributed by atoms with Crippen LogP contribution in [0.25, 0.3) is 11.2 Å². The molecule has 2 aromatic heterocycles. The van der Waals surface area contributed by atoms with Gasteiger partial charge < -0.3 is 14.6 Å². The molecule has 0 aromatic carbocycles. The maximum absolute atomic E-state index is 12.1. The number of carbonyl (C=O) groups excluding carboxylic acids is 1. The van der Waals surface area contributed by atoms with Gasteiger partial charge in [0.15, 0.2) is 11.2 Å². The lowest BCUT2D eigenvalue weighted by atomic mass is 10.0. The van der Waals surface area contributed by atoms with Crippen molar-refractivity contribution in [3.63, 3.8) is 0 Å². The van der Waals surface area contributed by atoms with Crippen LogP contribution in [-0.4, -0.2) is 54.2 Å². The molecule has 0 bridgehead atoms. The molecule has 0 fully saturated rings. The smallest absolute Gasteiger partial charge is 0.329 e. The maximum atomic E-state index is 12.1. The molecule has 2 rings (SSSR count). The zero-order chi connectivity index (χ0) is 25.8. The third-order valence-electron chi connectivity index (χ3n) is 6.82. The van der Waals surface area contributed by atoms with E-state index in [1.54, 1.807) is 23.4 Å². The molecule has 9 nitrogen and oxygen atoms in total. The Morgan fingerprint density at radius 1 is 0.971 bits per heavy atom. The van der Waals surface area contributed by atoms with Crippen LogP contribution in [0.4, 0.5) is 0 Å². The summed E-state index contributed by atoms with van der Waals surface area (Å²) in [5, 5.41) is 10.3. The molecule has 0 spiro atoms. The summed E-state index contributed by atoms with van der Waals surface area (Å²) in [6.45, 7) is 4.95. The number of aryl methyl sites for hydroxylation is 3. The minimum atomic E-state index is -0.446. The Bertz CT molecular complexity index is 1040. The normalized spacial score (nSPS) is 12.4. The molecule has 1 unspecified atom stereocenters. The summed E-state index contributed by atoms with van der Waals surface area (Å²) in [6.07, 6.45) is 13.2. The summed E-state index contributed by atoms with van der Waals surface area (Å²) in [4.78, 5) is 44.4. The van der Waals surface area contributed by atoms with Gasteiger partial charge in [0.2, 0.25) is 5.91 Å². The topological polar surface area (TPSA) is 113 Å². The molecule has 198 valence electrons. The van der Waals surface area contributed by atoms with E-state index < -0.39 is 17.4 Å². The number of nitrogens with one attached hydrogen (secondary N) is 1. The van der Waals surface area contributed by atoms with E-state index in [9.17, 15) is 19.5 Å². The molecule has 9 heteroatoms. The van der Waals surface area contributed by atoms with Gasteiger partial charge >= 0.3 is 5.69 Å². The molecule has 0 aliphatic rings. The minimum absolute atomic E-state index is 0.0510. The molecule has 2 aromatic rings. The van der Waals surface area contributed by atoms with Crippen LogP contribution in [-0.2, 0) is 25.3 Å². The Hall–Kier alpha value is -2.42. The molecule has 2 heterocycles. The van der Waals surface area contributed by atoms with Gasteiger partial charge in [0, 0.05) is 40.5 Å². The van der Waals surface area contributed by atoms with Gasteiger partial charge in [0.05, 0.1) is 6.10 Å². The molecule has 0 saturated carbocycles. The number of nitrogens with zero attached hydrogens (tertiary/aromatic N) is 4. The van der Waals surface area contributed by atoms with Crippen molar-refractivity contribution in [2.45, 2.75) is 103 Å². The van der Waals surface area contributed by atoms with Crippen molar-refractivity contribution >= 4 is 17.1 Å². The highest BCUT2D eigenvalue weighted by Gasteiger charge is 2.15. The van der Waals surface area contributed by atoms with Crippen LogP contribution in [0.2, 0.25) is 0 Å². The first kappa shape index (κ1) is 28.8. The van der Waals surface area contributed by atoms with E-state index in [1.165, 1.54) is 17.4 Å². The van der Waals surface area contributed by atoms with E-state index >= 15 is 0 Å². The SMILES string of the molecule is CCCCCCN(CC(O)CCCCCCCCCc1nc2c(c(=O)[nH]c(=O)n2C)n1C)C(C)=O. The van der Waals surface area contributed by atoms with Gasteiger partial charge in [-0.3, -0.25) is 19.1 Å². The number of aromatic amines is 1. The largest absolute Gasteiger partial charge is 0.391 e. The predicted molar refractivity (Wildman–Crippen MR) is 140 cm³/mol. The number of imidazole rings is 1. The van der Waals surface area contributed by atoms with Crippen molar-refractivity contribution in [3.05, 3.63) is 26.7 Å². The molecular formula is C26H45N5O4. The number of unbranched alkanes of at least 4 members (excludes halogenated alkanes) is 9. The summed E-state index contributed by atoms with van der Waals surface area (Å²) < 4.78 is 3.17. The third-order valence-corrected chi connectivity index (χ3v) is 6.82. The monoisotopic (exact) mass is 491 g/mol. The van der Waals surface area contributed by atoms with E-state index in [0.717, 1.165) is 83.0 Å². The Morgan fingerprint density at radius 2 is 1.60 bits per heavy atom. The molecule has 1 amide bonds. The second kappa shape index (κ2) is 14.9. The fourth-order valence-electron chi connectivity index (χ4n) is 4.58. The quantitative estimate of drug-likeness (QED) is 0.329. The fourth-order valence-corrected chi connectivity index (χ4v) is 4.58. The summed E-state index contributed by atoms with van der Waals surface area (Å²) in [5.74, 6) is 0.876. The highest BCUT2D eigenvalue weighted by atomic mass is 16.3. The molecular weight excluding hydrogens is 446 g/mol. The van der Waals surface area contributed by atoms with E-state index in [0.29, 0.717) is 17.7 Å². The molecule has 1 atom stereocenters. The van der Waals surface area contributed by atoms with Crippen molar-refractivity contribution in [1.29, 1.82) is 0 Å². The number of hydrogen-bond donors (Lipinski definition) is 2. The number of carbonyl (C=O) groups is 1. The van der Waals surface area contributed by atoms with Crippen molar-refractivity contribution in [3.8, 4) is 0 Å². The van der Waals surface area contributed by atoms with Gasteiger partial charge in [0.25, 0.3) is 5.56 Å². The zero-order valence-corrected chi connectivity index (χ0v) is 22.1. The van der Waals surface area contributed by atoms with Gasteiger partial charge in [-0.25, -0.2) is 9.78 Å². The van der Waals surface area contributed by atoms with Crippen molar-refractivity contribution in [2.75, 3.05) is 13.1 Å². The van der Waals surface area contributed by atoms with E-state index in [4.69, 9.17) is 0 Å². The number of rotatable bonds is 17. The molecule has 2 N–H and O–H groups in total. The number of amides is 1. The summed E-state index contributed by atoms with van der Waals surface area (Å²) in [5.41, 5.74) is 0.0299. The van der Waals surface area contributed by atoms with Gasteiger partial charge in [-0.1, -0.05) is 64.7 Å². The number of hydrogen-bond acceptors (Lipinski definition) is 5. The number of fused-ring (bicyclic) bond motifs is 1. The molecule has 0 radical (unpaired) electrons. The van der Waals surface area contributed by atoms with Gasteiger partial charge in [-0.05, 0) is 19.3 Å². The highest BCUT2D eigenvalue weighted by molar-refractivity contribution is 5.73. The van der Waals surface area contributed by atoms with Crippen LogP contribution in [0.15, 0.2) is 9.59 Å². The van der Waals surface area contributed by atoms with Crippen LogP contribution >= 0.6 is 0 Å². The van der Waals surface area contributed by atoms with E-state index in [2.05, 4.69) is 16.9 Å². The lowest BCUT2D eigenvalue weighted by Crippen LogP contribution is -2.36. The average Bonchev–Trinajstić information content (AvgIpc) is 3.15. The third kappa shape index (κ3) is 8.94. The van der Waals surface area contributed by atoms with E-state index in [-0.39, 0.29) is 5.91 Å². The predicted octanol–water partition coefficient (Wildman–Crippen LogP) is 3.41. The zero-order valence-electron chi connectivity index (χ0n) is 22.1. The van der Waals surface area contributed by atoms with Crippen LogP contribution in [0.1, 0.15) is 96.7 Å². The van der Waals surface area contributed by atoms with E-state index in [1.807, 2.05) is 7.05 Å². The maximum Gasteiger partial charge on any atom is 0.329 e. The molecule has 0 aliphatic heterocycles. The van der Waals surface area contributed by atoms with Crippen LogP contribution in [0.5, 0.6) is 0 Å². The Kier molecular flexibility index (Phi) is 12.2. The first-order chi connectivity index (χ1) is 16.8. The fraction of sp³-hybridized carbons (Fsp3) is 0.769. The Morgan fingerprint density at radius 3 is 2.26 bits per heavy atom. The van der Waals surface area contributed by atoms with Crippen molar-refractivity contribution in [1.82, 2.24) is 24.0 Å². The van der Waals surface area contributed by atoms with Gasteiger partial charge in [0.1, 0.15) is 5.82 Å². The minimum Gasteiger partial charge on any atom is -0.391 e. The van der Waals surface area contributed by atoms with Crippen LogP contribution in [0.3, 0.4) is 0 Å². The standard InChI is InChI=1S/C26H45N5O4/c1-5-6-7-15-18-31(20(2)32)19-21(33)16-13-11-9-8-10-12-14-17-22-27-24-23(29(22)3)25(34)28-26(35)30(24)4/h21,33H,5-19H2,1-4H3,(H,28,34,35). The highest BCUT2D eigenvalue weighted by Crippen LogP contribution is 2.14. The second-order valence-electron chi connectivity index (χ2n) is 9.77. The summed E-state index contributed by atoms with van der Waals surface area (Å²) >= 11 is 0. The molecule has 35 heavy (non-hydrogen) atoms. The van der Waals surface area contributed by atoms with Crippen molar-refractivity contribution < 1.29 is 9.90 Å². The van der Waals surface area contributed by atoms with Crippen molar-refractivity contribution in [2.24, 2.45) is 14.1 Å². The lowest BCUT2D eigenvalue weighted by Gasteiger charge is -2.24. The average molecular weight is 492 g/mol. The number of aromatic nitrogens is 4. The summed E-state index contributed by atoms with van der Waals surface area (Å²) in [7, 11) is 3.44. The number of H-pyrrole nitrogens is 1. The number of aliphatic hydroxyl groups is 1.